The van der Waals surface area contributed by atoms with Crippen LogP contribution in [0.2, 0.25) is 0 Å². The van der Waals surface area contributed by atoms with Crippen LogP contribution in [-0.2, 0) is 4.74 Å². The van der Waals surface area contributed by atoms with Crippen molar-refractivity contribution in [3.63, 3.8) is 0 Å². The number of hydrogen-bond acceptors (Lipinski definition) is 4. The summed E-state index contributed by atoms with van der Waals surface area (Å²) in [6.45, 7) is 6.76. The van der Waals surface area contributed by atoms with Gasteiger partial charge in [-0.15, -0.1) is 0 Å². The van der Waals surface area contributed by atoms with Crippen LogP contribution in [-0.4, -0.2) is 42.5 Å². The fourth-order valence-corrected chi connectivity index (χ4v) is 2.38. The summed E-state index contributed by atoms with van der Waals surface area (Å²) >= 11 is 3.33. The van der Waals surface area contributed by atoms with Crippen molar-refractivity contribution < 1.29 is 13.9 Å². The van der Waals surface area contributed by atoms with E-state index in [1.165, 1.54) is 6.26 Å². The van der Waals surface area contributed by atoms with Gasteiger partial charge in [-0.25, -0.2) is 0 Å². The first kappa shape index (κ1) is 12.8. The van der Waals surface area contributed by atoms with E-state index in [0.29, 0.717) is 23.4 Å². The number of furan rings is 1. The zero-order valence-corrected chi connectivity index (χ0v) is 11.6. The van der Waals surface area contributed by atoms with Gasteiger partial charge in [0.05, 0.1) is 29.5 Å². The molecule has 0 aliphatic carbocycles. The van der Waals surface area contributed by atoms with E-state index >= 15 is 0 Å². The molecule has 0 aromatic carbocycles. The molecule has 0 N–H and O–H groups in total. The van der Waals surface area contributed by atoms with Gasteiger partial charge in [-0.2, -0.15) is 0 Å². The van der Waals surface area contributed by atoms with Crippen LogP contribution in [0, 0.1) is 0 Å². The first-order valence-corrected chi connectivity index (χ1v) is 6.43. The molecule has 1 aliphatic heterocycles. The molecular formula is C12H16BrNO3. The Morgan fingerprint density at radius 3 is 2.59 bits per heavy atom. The number of nitrogens with zero attached hydrogens (tertiary/aromatic N) is 1. The molecule has 0 spiro atoms. The predicted octanol–water partition coefficient (Wildman–Crippen LogP) is 2.34. The van der Waals surface area contributed by atoms with Crippen molar-refractivity contribution in [2.24, 2.45) is 0 Å². The Labute approximate surface area is 109 Å². The summed E-state index contributed by atoms with van der Waals surface area (Å²) in [4.78, 5) is 14.6. The van der Waals surface area contributed by atoms with Crippen LogP contribution in [0.4, 0.5) is 0 Å². The van der Waals surface area contributed by atoms with Gasteiger partial charge in [0, 0.05) is 13.1 Å². The summed E-state index contributed by atoms with van der Waals surface area (Å²) < 4.78 is 11.3. The van der Waals surface area contributed by atoms with E-state index in [9.17, 15) is 4.79 Å². The Kier molecular flexibility index (Phi) is 3.70. The van der Waals surface area contributed by atoms with Crippen molar-refractivity contribution in [1.82, 2.24) is 4.90 Å². The molecule has 17 heavy (non-hydrogen) atoms. The van der Waals surface area contributed by atoms with Crippen LogP contribution in [0.15, 0.2) is 21.2 Å². The predicted molar refractivity (Wildman–Crippen MR) is 67.2 cm³/mol. The lowest BCUT2D eigenvalue weighted by Crippen LogP contribution is -2.54. The zero-order chi connectivity index (χ0) is 12.5. The van der Waals surface area contributed by atoms with Gasteiger partial charge in [-0.05, 0) is 35.8 Å². The molecule has 0 atom stereocenters. The second-order valence-electron chi connectivity index (χ2n) is 4.59. The smallest absolute Gasteiger partial charge is 0.218 e. The summed E-state index contributed by atoms with van der Waals surface area (Å²) in [5, 5.41) is 0. The maximum atomic E-state index is 12.4. The van der Waals surface area contributed by atoms with Crippen LogP contribution < -0.4 is 0 Å². The molecule has 1 saturated heterocycles. The molecule has 0 saturated carbocycles. The summed E-state index contributed by atoms with van der Waals surface area (Å²) in [6.07, 6.45) is 1.52. The van der Waals surface area contributed by atoms with E-state index in [0.717, 1.165) is 13.1 Å². The molecule has 1 aromatic heterocycles. The Balaban J connectivity index is 2.19. The van der Waals surface area contributed by atoms with Crippen molar-refractivity contribution in [3.8, 4) is 0 Å². The maximum absolute atomic E-state index is 12.4. The van der Waals surface area contributed by atoms with E-state index in [1.807, 2.05) is 13.8 Å². The van der Waals surface area contributed by atoms with E-state index in [-0.39, 0.29) is 5.78 Å². The lowest BCUT2D eigenvalue weighted by Gasteiger charge is -2.39. The fraction of sp³-hybridized carbons (Fsp3) is 0.583. The number of hydrogen-bond donors (Lipinski definition) is 0. The molecule has 2 rings (SSSR count). The minimum atomic E-state index is -0.565. The van der Waals surface area contributed by atoms with Gasteiger partial charge >= 0.3 is 0 Å². The number of carbonyl (C=O) groups is 1. The fourth-order valence-electron chi connectivity index (χ4n) is 2.00. The number of halogens is 1. The molecule has 94 valence electrons. The van der Waals surface area contributed by atoms with E-state index in [2.05, 4.69) is 20.8 Å². The average Bonchev–Trinajstić information content (AvgIpc) is 2.75. The van der Waals surface area contributed by atoms with E-state index in [1.54, 1.807) is 6.07 Å². The van der Waals surface area contributed by atoms with Gasteiger partial charge in [0.2, 0.25) is 5.78 Å². The maximum Gasteiger partial charge on any atom is 0.218 e. The molecular weight excluding hydrogens is 286 g/mol. The van der Waals surface area contributed by atoms with Gasteiger partial charge in [0.1, 0.15) is 0 Å². The van der Waals surface area contributed by atoms with Crippen molar-refractivity contribution in [2.75, 3.05) is 26.3 Å². The molecule has 1 aliphatic rings. The quantitative estimate of drug-likeness (QED) is 0.804. The van der Waals surface area contributed by atoms with Crippen LogP contribution in [0.5, 0.6) is 0 Å². The molecule has 1 fully saturated rings. The lowest BCUT2D eigenvalue weighted by molar-refractivity contribution is -0.00523. The zero-order valence-electron chi connectivity index (χ0n) is 10.0. The number of ether oxygens (including phenoxy) is 1. The molecule has 4 nitrogen and oxygen atoms in total. The molecule has 0 amide bonds. The second kappa shape index (κ2) is 4.92. The molecule has 5 heteroatoms. The number of morpholine rings is 1. The lowest BCUT2D eigenvalue weighted by atomic mass is 9.94. The Bertz CT molecular complexity index is 408. The van der Waals surface area contributed by atoms with Crippen molar-refractivity contribution in [1.29, 1.82) is 0 Å². The van der Waals surface area contributed by atoms with Crippen molar-refractivity contribution in [2.45, 2.75) is 19.4 Å². The molecule has 2 heterocycles. The molecule has 0 unspecified atom stereocenters. The average molecular weight is 302 g/mol. The Morgan fingerprint density at radius 1 is 1.41 bits per heavy atom. The number of carbonyl (C=O) groups excluding carboxylic acids is 1. The SMILES string of the molecule is CC(C)(C(=O)c1occc1Br)N1CCOCC1. The monoisotopic (exact) mass is 301 g/mol. The Morgan fingerprint density at radius 2 is 2.06 bits per heavy atom. The van der Waals surface area contributed by atoms with Crippen molar-refractivity contribution in [3.05, 3.63) is 22.6 Å². The summed E-state index contributed by atoms with van der Waals surface area (Å²) in [5.74, 6) is 0.387. The highest BCUT2D eigenvalue weighted by Gasteiger charge is 2.38. The number of Topliss-reactive ketones (excluding diaryl/α,β-unsaturated/α-hetero) is 1. The summed E-state index contributed by atoms with van der Waals surface area (Å²) in [5.41, 5.74) is -0.565. The van der Waals surface area contributed by atoms with Gasteiger partial charge in [0.25, 0.3) is 0 Å². The largest absolute Gasteiger partial charge is 0.460 e. The van der Waals surface area contributed by atoms with Gasteiger partial charge < -0.3 is 9.15 Å². The molecule has 0 bridgehead atoms. The second-order valence-corrected chi connectivity index (χ2v) is 5.44. The van der Waals surface area contributed by atoms with Crippen LogP contribution in [0.1, 0.15) is 24.4 Å². The van der Waals surface area contributed by atoms with Crippen molar-refractivity contribution >= 4 is 21.7 Å². The standard InChI is InChI=1S/C12H16BrNO3/c1-12(2,14-4-7-16-8-5-14)11(15)10-9(13)3-6-17-10/h3,6H,4-5,7-8H2,1-2H3. The first-order chi connectivity index (χ1) is 8.03. The van der Waals surface area contributed by atoms with Crippen LogP contribution in [0.25, 0.3) is 0 Å². The van der Waals surface area contributed by atoms with E-state index in [4.69, 9.17) is 9.15 Å². The van der Waals surface area contributed by atoms with Gasteiger partial charge in [-0.3, -0.25) is 9.69 Å². The highest BCUT2D eigenvalue weighted by molar-refractivity contribution is 9.10. The third-order valence-electron chi connectivity index (χ3n) is 3.18. The van der Waals surface area contributed by atoms with Crippen LogP contribution >= 0.6 is 15.9 Å². The first-order valence-electron chi connectivity index (χ1n) is 5.64. The third-order valence-corrected chi connectivity index (χ3v) is 3.81. The van der Waals surface area contributed by atoms with Gasteiger partial charge in [-0.1, -0.05) is 0 Å². The number of rotatable bonds is 3. The third kappa shape index (κ3) is 2.46. The van der Waals surface area contributed by atoms with Gasteiger partial charge in [0.15, 0.2) is 5.76 Å². The highest BCUT2D eigenvalue weighted by atomic mass is 79.9. The highest BCUT2D eigenvalue weighted by Crippen LogP contribution is 2.26. The minimum Gasteiger partial charge on any atom is -0.460 e. The number of ketones is 1. The Hall–Kier alpha value is -0.650. The molecule has 0 radical (unpaired) electrons. The molecule has 1 aromatic rings. The van der Waals surface area contributed by atoms with E-state index < -0.39 is 5.54 Å². The summed E-state index contributed by atoms with van der Waals surface area (Å²) in [6, 6.07) is 1.74. The summed E-state index contributed by atoms with van der Waals surface area (Å²) in [7, 11) is 0. The van der Waals surface area contributed by atoms with Crippen LogP contribution in [0.3, 0.4) is 0 Å². The topological polar surface area (TPSA) is 42.7 Å². The minimum absolute atomic E-state index is 0.00345. The normalized spacial score (nSPS) is 18.3.